The summed E-state index contributed by atoms with van der Waals surface area (Å²) in [6.45, 7) is 0.626. The van der Waals surface area contributed by atoms with Crippen LogP contribution < -0.4 is 5.32 Å². The van der Waals surface area contributed by atoms with E-state index in [2.05, 4.69) is 5.32 Å². The molecule has 2 N–H and O–H groups in total. The van der Waals surface area contributed by atoms with E-state index in [1.54, 1.807) is 12.1 Å². The summed E-state index contributed by atoms with van der Waals surface area (Å²) in [6.07, 6.45) is 1.35. The number of nitrogens with zero attached hydrogens (tertiary/aromatic N) is 1. The van der Waals surface area contributed by atoms with Crippen LogP contribution >= 0.6 is 0 Å². The highest BCUT2D eigenvalue weighted by atomic mass is 19.1. The molecule has 3 aromatic carbocycles. The van der Waals surface area contributed by atoms with Gasteiger partial charge in [-0.3, -0.25) is 4.79 Å². The summed E-state index contributed by atoms with van der Waals surface area (Å²) in [7, 11) is 0. The Balaban J connectivity index is 1.39. The number of oxazole rings is 1. The molecule has 1 aliphatic rings. The number of carboxylic acid groups (broad SMARTS) is 1. The van der Waals surface area contributed by atoms with E-state index in [4.69, 9.17) is 14.5 Å². The summed E-state index contributed by atoms with van der Waals surface area (Å²) < 4.78 is 19.3. The second kappa shape index (κ2) is 8.90. The number of hydrogen-bond donors (Lipinski definition) is 2. The zero-order valence-electron chi connectivity index (χ0n) is 17.9. The number of rotatable bonds is 7. The molecule has 0 spiro atoms. The van der Waals surface area contributed by atoms with Gasteiger partial charge >= 0.3 is 5.97 Å². The van der Waals surface area contributed by atoms with Crippen molar-refractivity contribution in [2.75, 3.05) is 11.9 Å². The van der Waals surface area contributed by atoms with Crippen molar-refractivity contribution < 1.29 is 18.7 Å². The van der Waals surface area contributed by atoms with Crippen LogP contribution in [0.1, 0.15) is 12.8 Å². The SMILES string of the molecule is O=C(O)C1CC(CNc2nc(-c3ccc(-c4ccc(F)cc4)cc3)c(-c3ccccc3)o2)C1. The highest BCUT2D eigenvalue weighted by Gasteiger charge is 2.34. The lowest BCUT2D eigenvalue weighted by atomic mass is 9.75. The van der Waals surface area contributed by atoms with Gasteiger partial charge in [0, 0.05) is 17.7 Å². The fraction of sp³-hybridized carbons (Fsp3) is 0.185. The third-order valence-electron chi connectivity index (χ3n) is 6.13. The topological polar surface area (TPSA) is 75.4 Å². The van der Waals surface area contributed by atoms with Gasteiger partial charge in [0.2, 0.25) is 0 Å². The molecule has 1 saturated carbocycles. The predicted octanol–water partition coefficient (Wildman–Crippen LogP) is 6.34. The predicted molar refractivity (Wildman–Crippen MR) is 125 cm³/mol. The van der Waals surface area contributed by atoms with Crippen LogP contribution in [-0.4, -0.2) is 22.6 Å². The molecule has 0 saturated heterocycles. The minimum atomic E-state index is -0.722. The molecular weight excluding hydrogens is 419 g/mol. The lowest BCUT2D eigenvalue weighted by Crippen LogP contribution is -2.34. The van der Waals surface area contributed by atoms with Crippen molar-refractivity contribution in [3.8, 4) is 33.7 Å². The maximum Gasteiger partial charge on any atom is 0.306 e. The van der Waals surface area contributed by atoms with E-state index in [1.807, 2.05) is 54.6 Å². The van der Waals surface area contributed by atoms with E-state index in [0.717, 1.165) is 27.9 Å². The number of nitrogens with one attached hydrogen (secondary N) is 1. The Morgan fingerprint density at radius 2 is 1.52 bits per heavy atom. The molecule has 4 aromatic rings. The van der Waals surface area contributed by atoms with Crippen LogP contribution in [0.2, 0.25) is 0 Å². The molecular formula is C27H23FN2O3. The van der Waals surface area contributed by atoms with Crippen LogP contribution in [0, 0.1) is 17.7 Å². The van der Waals surface area contributed by atoms with Crippen LogP contribution in [0.25, 0.3) is 33.7 Å². The van der Waals surface area contributed by atoms with Gasteiger partial charge in [0.15, 0.2) is 5.76 Å². The number of carbonyl (C=O) groups is 1. The summed E-state index contributed by atoms with van der Waals surface area (Å²) in [6, 6.07) is 24.6. The minimum absolute atomic E-state index is 0.239. The third kappa shape index (κ3) is 4.51. The quantitative estimate of drug-likeness (QED) is 0.349. The van der Waals surface area contributed by atoms with Crippen molar-refractivity contribution in [1.82, 2.24) is 4.98 Å². The molecule has 33 heavy (non-hydrogen) atoms. The first-order chi connectivity index (χ1) is 16.1. The van der Waals surface area contributed by atoms with Gasteiger partial charge in [0.1, 0.15) is 11.5 Å². The summed E-state index contributed by atoms with van der Waals surface area (Å²) in [5.74, 6) is -0.247. The molecule has 0 aliphatic heterocycles. The maximum atomic E-state index is 13.2. The molecule has 1 fully saturated rings. The van der Waals surface area contributed by atoms with E-state index >= 15 is 0 Å². The number of benzene rings is 3. The first-order valence-electron chi connectivity index (χ1n) is 11.0. The summed E-state index contributed by atoms with van der Waals surface area (Å²) >= 11 is 0. The number of aromatic nitrogens is 1. The highest BCUT2D eigenvalue weighted by molar-refractivity contribution is 5.79. The number of hydrogen-bond acceptors (Lipinski definition) is 4. The van der Waals surface area contributed by atoms with E-state index in [-0.39, 0.29) is 11.7 Å². The van der Waals surface area contributed by atoms with Crippen LogP contribution in [-0.2, 0) is 4.79 Å². The van der Waals surface area contributed by atoms with E-state index in [0.29, 0.717) is 37.1 Å². The Bertz CT molecular complexity index is 1250. The van der Waals surface area contributed by atoms with Gasteiger partial charge in [-0.25, -0.2) is 4.39 Å². The standard InChI is InChI=1S/C27H23FN2O3/c28-23-12-10-19(11-13-23)18-6-8-20(9-7-18)24-25(21-4-2-1-3-5-21)33-27(30-24)29-16-17-14-22(15-17)26(31)32/h1-13,17,22H,14-16H2,(H,29,30)(H,31,32). The second-order valence-electron chi connectivity index (χ2n) is 8.40. The Labute approximate surface area is 190 Å². The Morgan fingerprint density at radius 3 is 2.15 bits per heavy atom. The van der Waals surface area contributed by atoms with Gasteiger partial charge in [0.05, 0.1) is 5.92 Å². The molecule has 0 amide bonds. The summed E-state index contributed by atoms with van der Waals surface area (Å²) in [5, 5.41) is 12.3. The smallest absolute Gasteiger partial charge is 0.306 e. The lowest BCUT2D eigenvalue weighted by molar-refractivity contribution is -0.146. The zero-order chi connectivity index (χ0) is 22.8. The average molecular weight is 442 g/mol. The Kier molecular flexibility index (Phi) is 5.65. The van der Waals surface area contributed by atoms with Gasteiger partial charge in [-0.2, -0.15) is 4.98 Å². The molecule has 0 unspecified atom stereocenters. The molecule has 1 aromatic heterocycles. The van der Waals surface area contributed by atoms with Crippen molar-refractivity contribution >= 4 is 12.0 Å². The molecule has 0 atom stereocenters. The molecule has 1 aliphatic carbocycles. The number of aliphatic carboxylic acids is 1. The molecule has 0 radical (unpaired) electrons. The van der Waals surface area contributed by atoms with Crippen molar-refractivity contribution in [1.29, 1.82) is 0 Å². The van der Waals surface area contributed by atoms with Crippen LogP contribution in [0.5, 0.6) is 0 Å². The summed E-state index contributed by atoms with van der Waals surface area (Å²) in [4.78, 5) is 15.7. The van der Waals surface area contributed by atoms with Crippen molar-refractivity contribution in [2.24, 2.45) is 11.8 Å². The normalized spacial score (nSPS) is 17.4. The monoisotopic (exact) mass is 442 g/mol. The minimum Gasteiger partial charge on any atom is -0.481 e. The number of carboxylic acids is 1. The van der Waals surface area contributed by atoms with Crippen molar-refractivity contribution in [3.05, 3.63) is 84.7 Å². The van der Waals surface area contributed by atoms with Gasteiger partial charge in [-0.15, -0.1) is 0 Å². The van der Waals surface area contributed by atoms with Gasteiger partial charge in [-0.1, -0.05) is 66.7 Å². The fourth-order valence-electron chi connectivity index (χ4n) is 4.18. The summed E-state index contributed by atoms with van der Waals surface area (Å²) in [5.41, 5.74) is 4.48. The van der Waals surface area contributed by atoms with Gasteiger partial charge in [0.25, 0.3) is 6.01 Å². The van der Waals surface area contributed by atoms with Gasteiger partial charge < -0.3 is 14.8 Å². The molecule has 1 heterocycles. The molecule has 5 rings (SSSR count). The van der Waals surface area contributed by atoms with Crippen LogP contribution in [0.3, 0.4) is 0 Å². The second-order valence-corrected chi connectivity index (χ2v) is 8.40. The van der Waals surface area contributed by atoms with Crippen LogP contribution in [0.4, 0.5) is 10.4 Å². The van der Waals surface area contributed by atoms with E-state index in [9.17, 15) is 9.18 Å². The van der Waals surface area contributed by atoms with Crippen LogP contribution in [0.15, 0.2) is 83.3 Å². The van der Waals surface area contributed by atoms with E-state index < -0.39 is 5.97 Å². The maximum absolute atomic E-state index is 13.2. The molecule has 166 valence electrons. The average Bonchev–Trinajstić information content (AvgIpc) is 3.23. The largest absolute Gasteiger partial charge is 0.481 e. The van der Waals surface area contributed by atoms with E-state index in [1.165, 1.54) is 12.1 Å². The zero-order valence-corrected chi connectivity index (χ0v) is 17.9. The molecule has 0 bridgehead atoms. The van der Waals surface area contributed by atoms with Crippen molar-refractivity contribution in [2.45, 2.75) is 12.8 Å². The highest BCUT2D eigenvalue weighted by Crippen LogP contribution is 2.37. The molecule has 6 heteroatoms. The molecule has 5 nitrogen and oxygen atoms in total. The van der Waals surface area contributed by atoms with Gasteiger partial charge in [-0.05, 0) is 42.0 Å². The number of anilines is 1. The first-order valence-corrected chi connectivity index (χ1v) is 11.0. The Hall–Kier alpha value is -3.93. The Morgan fingerprint density at radius 1 is 0.909 bits per heavy atom. The number of halogens is 1. The fourth-order valence-corrected chi connectivity index (χ4v) is 4.18. The van der Waals surface area contributed by atoms with Crippen molar-refractivity contribution in [3.63, 3.8) is 0 Å². The lowest BCUT2D eigenvalue weighted by Gasteiger charge is -2.31. The first kappa shape index (κ1) is 20.9. The third-order valence-corrected chi connectivity index (χ3v) is 6.13.